The number of hydrogen-bond acceptors (Lipinski definition) is 13. The zero-order valence-electron chi connectivity index (χ0n) is 32.1. The fourth-order valence-electron chi connectivity index (χ4n) is 8.17. The van der Waals surface area contributed by atoms with E-state index in [9.17, 15) is 22.4 Å². The van der Waals surface area contributed by atoms with E-state index in [1.807, 2.05) is 12.3 Å². The van der Waals surface area contributed by atoms with Crippen LogP contribution in [0.5, 0.6) is 17.4 Å². The molecule has 304 valence electrons. The van der Waals surface area contributed by atoms with Crippen LogP contribution in [0.1, 0.15) is 54.7 Å². The minimum absolute atomic E-state index is 0.0541. The zero-order valence-corrected chi connectivity index (χ0v) is 32.1. The van der Waals surface area contributed by atoms with Gasteiger partial charge in [0.15, 0.2) is 12.1 Å². The van der Waals surface area contributed by atoms with Gasteiger partial charge in [-0.2, -0.15) is 13.2 Å². The summed E-state index contributed by atoms with van der Waals surface area (Å²) < 4.78 is 72.5. The summed E-state index contributed by atoms with van der Waals surface area (Å²) in [6, 6.07) is 5.74. The lowest BCUT2D eigenvalue weighted by Crippen LogP contribution is -2.67. The van der Waals surface area contributed by atoms with Crippen molar-refractivity contribution < 1.29 is 41.3 Å². The Kier molecular flexibility index (Phi) is 12.1. The lowest BCUT2D eigenvalue weighted by molar-refractivity contribution is -0.216. The van der Waals surface area contributed by atoms with E-state index in [2.05, 4.69) is 34.9 Å². The van der Waals surface area contributed by atoms with Gasteiger partial charge in [0.05, 0.1) is 31.9 Å². The van der Waals surface area contributed by atoms with Crippen LogP contribution in [-0.2, 0) is 22.4 Å². The highest BCUT2D eigenvalue weighted by Gasteiger charge is 2.54. The largest absolute Gasteiger partial charge is 0.490 e. The van der Waals surface area contributed by atoms with Crippen molar-refractivity contribution in [3.63, 3.8) is 0 Å². The summed E-state index contributed by atoms with van der Waals surface area (Å²) in [5, 5.41) is 7.96. The number of ether oxygens (including phenoxy) is 4. The molecule has 3 aromatic rings. The molecular weight excluding hydrogens is 736 g/mol. The molecule has 0 N–H and O–H groups in total. The number of hydrogen-bond donors (Lipinski definition) is 0. The zero-order chi connectivity index (χ0) is 39.5. The molecule has 0 unspecified atom stereocenters. The first-order chi connectivity index (χ1) is 26.8. The quantitative estimate of drug-likeness (QED) is 0.185. The molecule has 6 heterocycles. The van der Waals surface area contributed by atoms with Crippen molar-refractivity contribution in [3.8, 4) is 17.4 Å². The molecule has 0 atom stereocenters. The molecule has 2 aromatic heterocycles. The fraction of sp³-hybridized carbons (Fsp3) is 0.615. The first-order valence-electron chi connectivity index (χ1n) is 19.2. The first-order valence-corrected chi connectivity index (χ1v) is 19.2. The molecule has 0 bridgehead atoms. The Morgan fingerprint density at radius 1 is 1.05 bits per heavy atom. The number of alkyl halides is 3. The number of aromatic nitrogens is 4. The van der Waals surface area contributed by atoms with Crippen LogP contribution in [0.25, 0.3) is 0 Å². The summed E-state index contributed by atoms with van der Waals surface area (Å²) in [6.07, 6.45) is 3.87. The lowest BCUT2D eigenvalue weighted by Gasteiger charge is -2.58. The van der Waals surface area contributed by atoms with Crippen LogP contribution in [-0.4, -0.2) is 144 Å². The van der Waals surface area contributed by atoms with Crippen LogP contribution in [0, 0.1) is 11.2 Å². The topological polar surface area (TPSA) is 119 Å². The molecule has 0 amide bonds. The third-order valence-electron chi connectivity index (χ3n) is 11.3. The molecule has 1 aromatic carbocycles. The van der Waals surface area contributed by atoms with E-state index in [0.717, 1.165) is 102 Å². The van der Waals surface area contributed by atoms with Crippen LogP contribution in [0.3, 0.4) is 0 Å². The molecule has 1 saturated carbocycles. The van der Waals surface area contributed by atoms with Crippen molar-refractivity contribution in [3.05, 3.63) is 59.4 Å². The van der Waals surface area contributed by atoms with Crippen molar-refractivity contribution in [2.75, 3.05) is 84.1 Å². The summed E-state index contributed by atoms with van der Waals surface area (Å²) in [6.45, 7) is 12.3. The van der Waals surface area contributed by atoms with Crippen molar-refractivity contribution in [1.82, 2.24) is 34.9 Å². The maximum Gasteiger partial charge on any atom is 0.401 e. The Morgan fingerprint density at radius 2 is 1.84 bits per heavy atom. The predicted molar refractivity (Wildman–Crippen MR) is 198 cm³/mol. The van der Waals surface area contributed by atoms with Gasteiger partial charge in [-0.1, -0.05) is 0 Å². The molecule has 8 rings (SSSR count). The molecule has 2 spiro atoms. The Hall–Kier alpha value is -4.03. The average Bonchev–Trinajstić information content (AvgIpc) is 3.12. The van der Waals surface area contributed by atoms with Crippen molar-refractivity contribution in [1.29, 1.82) is 0 Å². The average molecular weight is 787 g/mol. The third kappa shape index (κ3) is 9.56. The molecule has 17 heteroatoms. The van der Waals surface area contributed by atoms with E-state index in [4.69, 9.17) is 18.9 Å². The molecule has 13 nitrogen and oxygen atoms in total. The number of carbonyl (C=O) groups excluding carboxylic acids is 1. The van der Waals surface area contributed by atoms with Crippen LogP contribution in [0.4, 0.5) is 23.4 Å². The highest BCUT2D eigenvalue weighted by Crippen LogP contribution is 2.52. The first kappa shape index (κ1) is 40.2. The number of anilines is 1. The summed E-state index contributed by atoms with van der Waals surface area (Å²) in [5.74, 6) is 1.40. The van der Waals surface area contributed by atoms with Crippen molar-refractivity contribution in [2.24, 2.45) is 5.41 Å². The van der Waals surface area contributed by atoms with Crippen LogP contribution in [0.2, 0.25) is 0 Å². The van der Waals surface area contributed by atoms with Gasteiger partial charge in [-0.15, -0.1) is 10.2 Å². The maximum atomic E-state index is 13.6. The molecule has 56 heavy (non-hydrogen) atoms. The SMILES string of the molecule is CC(C)N(C)CC(F)(F)F.O=Cc1cc(F)ccc1Oc1nncnc1N1CC2(CC(Oc3ccnc4c3CN(CCCN3CC5(COCCO5)C3)CC4)C2)C1. The van der Waals surface area contributed by atoms with E-state index in [1.165, 1.54) is 36.0 Å². The van der Waals surface area contributed by atoms with E-state index >= 15 is 0 Å². The van der Waals surface area contributed by atoms with Gasteiger partial charge in [0.25, 0.3) is 5.88 Å². The normalized spacial score (nSPS) is 20.5. The molecule has 1 aliphatic carbocycles. The van der Waals surface area contributed by atoms with E-state index in [1.54, 1.807) is 13.8 Å². The molecule has 4 aliphatic heterocycles. The van der Waals surface area contributed by atoms with Gasteiger partial charge in [-0.25, -0.2) is 9.37 Å². The van der Waals surface area contributed by atoms with Crippen molar-refractivity contribution >= 4 is 12.1 Å². The van der Waals surface area contributed by atoms with E-state index < -0.39 is 18.5 Å². The number of pyridine rings is 1. The van der Waals surface area contributed by atoms with Gasteiger partial charge in [-0.3, -0.25) is 24.5 Å². The van der Waals surface area contributed by atoms with Gasteiger partial charge < -0.3 is 23.8 Å². The van der Waals surface area contributed by atoms with E-state index in [-0.39, 0.29) is 40.4 Å². The van der Waals surface area contributed by atoms with E-state index in [0.29, 0.717) is 25.3 Å². The van der Waals surface area contributed by atoms with Crippen molar-refractivity contribution in [2.45, 2.75) is 70.0 Å². The number of halogens is 4. The predicted octanol–water partition coefficient (Wildman–Crippen LogP) is 4.80. The second-order valence-corrected chi connectivity index (χ2v) is 16.0. The van der Waals surface area contributed by atoms with Gasteiger partial charge >= 0.3 is 6.18 Å². The number of likely N-dealkylation sites (tertiary alicyclic amines) is 1. The number of rotatable bonds is 12. The monoisotopic (exact) mass is 786 g/mol. The van der Waals surface area contributed by atoms with Gasteiger partial charge in [0, 0.05) is 74.6 Å². The number of benzene rings is 1. The van der Waals surface area contributed by atoms with Gasteiger partial charge in [0.2, 0.25) is 0 Å². The number of carbonyl (C=O) groups is 1. The smallest absolute Gasteiger partial charge is 0.401 e. The number of aldehydes is 1. The Morgan fingerprint density at radius 3 is 2.54 bits per heavy atom. The molecule has 4 fully saturated rings. The highest BCUT2D eigenvalue weighted by molar-refractivity contribution is 5.79. The maximum absolute atomic E-state index is 13.6. The fourth-order valence-corrected chi connectivity index (χ4v) is 8.17. The Bertz CT molecular complexity index is 1810. The third-order valence-corrected chi connectivity index (χ3v) is 11.3. The lowest BCUT2D eigenvalue weighted by atomic mass is 9.61. The molecule has 5 aliphatic rings. The standard InChI is InChI=1S/C33H38FN7O5.C6H12F3N/c34-24-2-3-28(23(12-24)16-42)46-31-30(36-22-37-38-31)41-17-32(18-41)13-25(14-32)45-29-4-6-35-27-5-9-39(15-26(27)29)7-1-8-40-19-33(20-40)21-43-10-11-44-33;1-5(2)10(3)4-6(7,8)9/h2-4,6,12,16,22,25H,1,5,7-11,13-15,17-21H2;5H,4H2,1-3H3. The minimum Gasteiger partial charge on any atom is -0.490 e. The summed E-state index contributed by atoms with van der Waals surface area (Å²) in [5.41, 5.74) is 2.57. The van der Waals surface area contributed by atoms with Crippen LogP contribution < -0.4 is 14.4 Å². The Labute approximate surface area is 324 Å². The highest BCUT2D eigenvalue weighted by atomic mass is 19.4. The second kappa shape index (κ2) is 16.8. The summed E-state index contributed by atoms with van der Waals surface area (Å²) in [4.78, 5) is 28.9. The minimum atomic E-state index is -4.07. The van der Waals surface area contributed by atoms with Crippen LogP contribution in [0.15, 0.2) is 36.8 Å². The molecule has 3 saturated heterocycles. The molecule has 0 radical (unpaired) electrons. The second-order valence-electron chi connectivity index (χ2n) is 16.0. The van der Waals surface area contributed by atoms with Crippen LogP contribution >= 0.6 is 0 Å². The molecular formula is C39H50F4N8O5. The van der Waals surface area contributed by atoms with Gasteiger partial charge in [0.1, 0.15) is 35.3 Å². The Balaban J connectivity index is 0.000000426. The van der Waals surface area contributed by atoms with Gasteiger partial charge in [-0.05, 0) is 77.5 Å². The number of fused-ring (bicyclic) bond motifs is 1. The number of nitrogens with zero attached hydrogens (tertiary/aromatic N) is 8. The summed E-state index contributed by atoms with van der Waals surface area (Å²) in [7, 11) is 1.46. The summed E-state index contributed by atoms with van der Waals surface area (Å²) >= 11 is 0.